The molecule has 1 aliphatic rings. The highest BCUT2D eigenvalue weighted by Gasteiger charge is 2.16. The number of hydrogen-bond acceptors (Lipinski definition) is 3. The summed E-state index contributed by atoms with van der Waals surface area (Å²) >= 11 is 0. The van der Waals surface area contributed by atoms with Gasteiger partial charge in [-0.2, -0.15) is 0 Å². The average molecular weight is 300 g/mol. The molecule has 0 spiro atoms. The molecule has 1 saturated heterocycles. The summed E-state index contributed by atoms with van der Waals surface area (Å²) < 4.78 is 11.4. The Morgan fingerprint density at radius 3 is 2.73 bits per heavy atom. The first kappa shape index (κ1) is 16.6. The van der Waals surface area contributed by atoms with E-state index in [1.54, 1.807) is 6.92 Å². The lowest BCUT2D eigenvalue weighted by Crippen LogP contribution is -2.24. The molecule has 0 aliphatic carbocycles. The molecule has 1 heterocycles. The van der Waals surface area contributed by atoms with Gasteiger partial charge in [-0.3, -0.25) is 4.79 Å². The summed E-state index contributed by atoms with van der Waals surface area (Å²) in [6, 6.07) is 7.87. The highest BCUT2D eigenvalue weighted by atomic mass is 16.7. The Morgan fingerprint density at radius 2 is 2.14 bits per heavy atom. The maximum Gasteiger partial charge on any atom is 0.199 e. The summed E-state index contributed by atoms with van der Waals surface area (Å²) in [6.07, 6.45) is 4.10. The molecule has 0 N–H and O–H groups in total. The lowest BCUT2D eigenvalue weighted by atomic mass is 9.93. The standard InChI is InChI=1S/C19H24O3/c1-3-7-16(14-17(20)4-2)15-9-11-18(12-10-15)22-19-8-5-6-13-21-19/h9-12,16,19H,4-6,8,13-14H2,1-2H3. The highest BCUT2D eigenvalue weighted by Crippen LogP contribution is 2.24. The number of rotatable bonds is 6. The molecule has 0 bridgehead atoms. The zero-order valence-corrected chi connectivity index (χ0v) is 13.4. The molecule has 118 valence electrons. The van der Waals surface area contributed by atoms with Gasteiger partial charge >= 0.3 is 0 Å². The van der Waals surface area contributed by atoms with Crippen LogP contribution in [0.4, 0.5) is 0 Å². The van der Waals surface area contributed by atoms with E-state index in [1.165, 1.54) is 0 Å². The van der Waals surface area contributed by atoms with Crippen LogP contribution in [0.25, 0.3) is 0 Å². The Morgan fingerprint density at radius 1 is 1.36 bits per heavy atom. The lowest BCUT2D eigenvalue weighted by molar-refractivity contribution is -0.118. The predicted molar refractivity (Wildman–Crippen MR) is 86.8 cm³/mol. The van der Waals surface area contributed by atoms with E-state index in [4.69, 9.17) is 9.47 Å². The number of benzene rings is 1. The van der Waals surface area contributed by atoms with Crippen molar-refractivity contribution in [3.05, 3.63) is 29.8 Å². The van der Waals surface area contributed by atoms with Crippen LogP contribution in [-0.4, -0.2) is 18.7 Å². The third-order valence-electron chi connectivity index (χ3n) is 3.83. The van der Waals surface area contributed by atoms with E-state index in [0.717, 1.165) is 37.2 Å². The summed E-state index contributed by atoms with van der Waals surface area (Å²) in [6.45, 7) is 4.47. The molecule has 0 radical (unpaired) electrons. The van der Waals surface area contributed by atoms with Crippen LogP contribution in [0.5, 0.6) is 5.75 Å². The third kappa shape index (κ3) is 4.89. The minimum atomic E-state index is -0.132. The van der Waals surface area contributed by atoms with Gasteiger partial charge in [-0.05, 0) is 37.5 Å². The molecule has 0 saturated carbocycles. The number of Topliss-reactive ketones (excluding diaryl/α,β-unsaturated/α-hetero) is 1. The van der Waals surface area contributed by atoms with E-state index in [2.05, 4.69) is 11.8 Å². The fraction of sp³-hybridized carbons (Fsp3) is 0.526. The number of ether oxygens (including phenoxy) is 2. The SMILES string of the molecule is CC#CC(CC(=O)CC)c1ccc(OC2CCCCO2)cc1. The average Bonchev–Trinajstić information content (AvgIpc) is 2.56. The Kier molecular flexibility index (Phi) is 6.48. The van der Waals surface area contributed by atoms with Crippen molar-refractivity contribution in [1.82, 2.24) is 0 Å². The maximum absolute atomic E-state index is 11.7. The van der Waals surface area contributed by atoms with Crippen molar-refractivity contribution in [1.29, 1.82) is 0 Å². The van der Waals surface area contributed by atoms with Crippen molar-refractivity contribution in [2.45, 2.75) is 58.2 Å². The smallest absolute Gasteiger partial charge is 0.199 e. The Balaban J connectivity index is 2.01. The first-order valence-corrected chi connectivity index (χ1v) is 8.05. The van der Waals surface area contributed by atoms with E-state index in [-0.39, 0.29) is 18.0 Å². The van der Waals surface area contributed by atoms with Gasteiger partial charge in [-0.1, -0.05) is 25.0 Å². The molecule has 1 aromatic carbocycles. The van der Waals surface area contributed by atoms with Gasteiger partial charge in [0.05, 0.1) is 12.5 Å². The van der Waals surface area contributed by atoms with Gasteiger partial charge < -0.3 is 9.47 Å². The van der Waals surface area contributed by atoms with Gasteiger partial charge in [-0.25, -0.2) is 0 Å². The molecule has 1 aromatic rings. The van der Waals surface area contributed by atoms with Crippen molar-refractivity contribution in [3.8, 4) is 17.6 Å². The van der Waals surface area contributed by atoms with E-state index in [1.807, 2.05) is 31.2 Å². The Hall–Kier alpha value is -1.79. The summed E-state index contributed by atoms with van der Waals surface area (Å²) in [7, 11) is 0. The molecule has 2 atom stereocenters. The van der Waals surface area contributed by atoms with Gasteiger partial charge in [-0.15, -0.1) is 5.92 Å². The zero-order valence-electron chi connectivity index (χ0n) is 13.4. The molecule has 1 fully saturated rings. The van der Waals surface area contributed by atoms with Crippen LogP contribution in [0.2, 0.25) is 0 Å². The molecule has 1 aliphatic heterocycles. The van der Waals surface area contributed by atoms with Crippen LogP contribution in [-0.2, 0) is 9.53 Å². The fourth-order valence-electron chi connectivity index (χ4n) is 2.53. The number of carbonyl (C=O) groups is 1. The largest absolute Gasteiger partial charge is 0.465 e. The van der Waals surface area contributed by atoms with Crippen molar-refractivity contribution < 1.29 is 14.3 Å². The van der Waals surface area contributed by atoms with Gasteiger partial charge in [0.15, 0.2) is 6.29 Å². The van der Waals surface area contributed by atoms with Crippen molar-refractivity contribution >= 4 is 5.78 Å². The molecule has 2 unspecified atom stereocenters. The quantitative estimate of drug-likeness (QED) is 0.743. The van der Waals surface area contributed by atoms with Gasteiger partial charge in [0, 0.05) is 19.3 Å². The van der Waals surface area contributed by atoms with E-state index in [9.17, 15) is 4.79 Å². The van der Waals surface area contributed by atoms with Gasteiger partial charge in [0.25, 0.3) is 0 Å². The second-order valence-corrected chi connectivity index (χ2v) is 5.53. The first-order valence-electron chi connectivity index (χ1n) is 8.05. The second kappa shape index (κ2) is 8.60. The predicted octanol–water partition coefficient (Wildman–Crippen LogP) is 4.07. The van der Waals surface area contributed by atoms with Gasteiger partial charge in [0.2, 0.25) is 0 Å². The minimum absolute atomic E-state index is 0.0302. The molecule has 3 nitrogen and oxygen atoms in total. The van der Waals surface area contributed by atoms with Crippen LogP contribution < -0.4 is 4.74 Å². The van der Waals surface area contributed by atoms with E-state index in [0.29, 0.717) is 12.8 Å². The van der Waals surface area contributed by atoms with Crippen LogP contribution in [0, 0.1) is 11.8 Å². The molecule has 22 heavy (non-hydrogen) atoms. The molecule has 2 rings (SSSR count). The molecule has 3 heteroatoms. The summed E-state index contributed by atoms with van der Waals surface area (Å²) in [5.41, 5.74) is 1.06. The first-order chi connectivity index (χ1) is 10.7. The molecular weight excluding hydrogens is 276 g/mol. The second-order valence-electron chi connectivity index (χ2n) is 5.53. The van der Waals surface area contributed by atoms with Crippen LogP contribution in [0.3, 0.4) is 0 Å². The minimum Gasteiger partial charge on any atom is -0.465 e. The van der Waals surface area contributed by atoms with E-state index >= 15 is 0 Å². The highest BCUT2D eigenvalue weighted by molar-refractivity contribution is 5.79. The Bertz CT molecular complexity index is 530. The molecular formula is C19H24O3. The summed E-state index contributed by atoms with van der Waals surface area (Å²) in [5.74, 6) is 7.07. The maximum atomic E-state index is 11.7. The number of carbonyl (C=O) groups excluding carboxylic acids is 1. The van der Waals surface area contributed by atoms with Crippen LogP contribution in [0.15, 0.2) is 24.3 Å². The zero-order chi connectivity index (χ0) is 15.8. The van der Waals surface area contributed by atoms with Crippen molar-refractivity contribution in [2.24, 2.45) is 0 Å². The van der Waals surface area contributed by atoms with Crippen LogP contribution >= 0.6 is 0 Å². The van der Waals surface area contributed by atoms with Crippen molar-refractivity contribution in [3.63, 3.8) is 0 Å². The topological polar surface area (TPSA) is 35.5 Å². The summed E-state index contributed by atoms with van der Waals surface area (Å²) in [5, 5.41) is 0. The Labute approximate surface area is 133 Å². The lowest BCUT2D eigenvalue weighted by Gasteiger charge is -2.23. The third-order valence-corrected chi connectivity index (χ3v) is 3.83. The molecule has 0 amide bonds. The van der Waals surface area contributed by atoms with E-state index < -0.39 is 0 Å². The summed E-state index contributed by atoms with van der Waals surface area (Å²) in [4.78, 5) is 11.7. The fourth-order valence-corrected chi connectivity index (χ4v) is 2.53. The van der Waals surface area contributed by atoms with Crippen LogP contribution in [0.1, 0.15) is 57.4 Å². The molecule has 0 aromatic heterocycles. The normalized spacial score (nSPS) is 18.9. The van der Waals surface area contributed by atoms with Gasteiger partial charge in [0.1, 0.15) is 11.5 Å². The van der Waals surface area contributed by atoms with Crippen molar-refractivity contribution in [2.75, 3.05) is 6.61 Å². The number of ketones is 1. The monoisotopic (exact) mass is 300 g/mol. The number of hydrogen-bond donors (Lipinski definition) is 0.